The van der Waals surface area contributed by atoms with E-state index in [9.17, 15) is 40.2 Å². The van der Waals surface area contributed by atoms with Gasteiger partial charge in [0.25, 0.3) is 0 Å². The molecule has 2 aliphatic heterocycles. The molecule has 3 saturated carbocycles. The number of carboxylic acids is 1. The number of rotatable bonds is 4. The Morgan fingerprint density at radius 1 is 1.25 bits per heavy atom. The van der Waals surface area contributed by atoms with Crippen molar-refractivity contribution in [2.75, 3.05) is 6.61 Å². The highest BCUT2D eigenvalue weighted by Crippen LogP contribution is 2.74. The molecule has 6 rings (SSSR count). The molecule has 4 bridgehead atoms. The summed E-state index contributed by atoms with van der Waals surface area (Å²) in [5, 5.41) is 62.0. The van der Waals surface area contributed by atoms with Gasteiger partial charge in [0.2, 0.25) is 0 Å². The number of hydrogen-bond acceptors (Lipinski definition) is 10. The maximum Gasteiger partial charge on any atom is 0.315 e. The molecule has 36 heavy (non-hydrogen) atoms. The van der Waals surface area contributed by atoms with Crippen LogP contribution in [0.5, 0.6) is 0 Å². The molecule has 4 aliphatic carbocycles. The molecule has 11 nitrogen and oxygen atoms in total. The lowest BCUT2D eigenvalue weighted by molar-refractivity contribution is -0.320. The van der Waals surface area contributed by atoms with E-state index < -0.39 is 89.7 Å². The quantitative estimate of drug-likeness (QED) is 0.199. The van der Waals surface area contributed by atoms with E-state index in [4.69, 9.17) is 14.2 Å². The first kappa shape index (κ1) is 24.5. The minimum absolute atomic E-state index is 0.160. The Bertz CT molecular complexity index is 1050. The maximum atomic E-state index is 13.4. The molecule has 6 aliphatic rings. The molecular formula is C25H32O11. The summed E-state index contributed by atoms with van der Waals surface area (Å²) in [5.41, 5.74) is -1.91. The van der Waals surface area contributed by atoms with Gasteiger partial charge in [-0.15, -0.1) is 0 Å². The predicted octanol–water partition coefficient (Wildman–Crippen LogP) is -1.15. The Hall–Kier alpha value is -1.86. The fraction of sp³-hybridized carbons (Fsp3) is 0.760. The molecule has 0 aromatic rings. The molecule has 11 heteroatoms. The fourth-order valence-corrected chi connectivity index (χ4v) is 8.38. The number of fused-ring (bicyclic) bond motifs is 6. The number of esters is 1. The normalized spacial score (nSPS) is 55.1. The average molecular weight is 509 g/mol. The molecule has 5 fully saturated rings. The summed E-state index contributed by atoms with van der Waals surface area (Å²) in [6, 6.07) is 0. The lowest BCUT2D eigenvalue weighted by Gasteiger charge is -2.45. The van der Waals surface area contributed by atoms with E-state index in [2.05, 4.69) is 6.58 Å². The van der Waals surface area contributed by atoms with Crippen LogP contribution in [0, 0.1) is 28.6 Å². The highest BCUT2D eigenvalue weighted by atomic mass is 16.7. The summed E-state index contributed by atoms with van der Waals surface area (Å²) in [6.45, 7) is 5.01. The molecular weight excluding hydrogens is 476 g/mol. The van der Waals surface area contributed by atoms with Crippen LogP contribution in [0.4, 0.5) is 0 Å². The van der Waals surface area contributed by atoms with Crippen molar-refractivity contribution in [3.63, 3.8) is 0 Å². The Morgan fingerprint density at radius 3 is 2.64 bits per heavy atom. The second-order valence-corrected chi connectivity index (χ2v) is 11.7. The third kappa shape index (κ3) is 2.82. The SMILES string of the molecule is C=C1C[C@]23C[C@@]1(O)CC[C@@H]2C1=C[C@@H]2OC(=O)[C@@](C)([C@H]2O[C@@H]2O[C@H](CO)[C@@H](O)[C@H](O)[C@H]2O)[C@@H]1[C@H]3C(=O)O. The second kappa shape index (κ2) is 7.59. The van der Waals surface area contributed by atoms with Gasteiger partial charge in [-0.05, 0) is 55.6 Å². The zero-order valence-corrected chi connectivity index (χ0v) is 19.8. The molecule has 0 aromatic heterocycles. The molecule has 198 valence electrons. The average Bonchev–Trinajstić information content (AvgIpc) is 3.27. The summed E-state index contributed by atoms with van der Waals surface area (Å²) in [5.74, 6) is -3.65. The predicted molar refractivity (Wildman–Crippen MR) is 118 cm³/mol. The van der Waals surface area contributed by atoms with Crippen LogP contribution in [-0.2, 0) is 23.8 Å². The minimum atomic E-state index is -1.68. The summed E-state index contributed by atoms with van der Waals surface area (Å²) in [4.78, 5) is 26.2. The van der Waals surface area contributed by atoms with Gasteiger partial charge < -0.3 is 44.8 Å². The molecule has 2 heterocycles. The van der Waals surface area contributed by atoms with Crippen LogP contribution in [0.1, 0.15) is 32.6 Å². The van der Waals surface area contributed by atoms with Gasteiger partial charge in [0.1, 0.15) is 42.0 Å². The molecule has 0 unspecified atom stereocenters. The van der Waals surface area contributed by atoms with Crippen LogP contribution in [0.15, 0.2) is 23.8 Å². The van der Waals surface area contributed by atoms with Gasteiger partial charge in [0.05, 0.1) is 18.1 Å². The number of aliphatic hydroxyl groups is 5. The van der Waals surface area contributed by atoms with Crippen molar-refractivity contribution in [3.05, 3.63) is 23.8 Å². The van der Waals surface area contributed by atoms with Crippen LogP contribution in [0.3, 0.4) is 0 Å². The first-order valence-electron chi connectivity index (χ1n) is 12.4. The van der Waals surface area contributed by atoms with E-state index in [1.165, 1.54) is 0 Å². The third-order valence-corrected chi connectivity index (χ3v) is 10.0. The van der Waals surface area contributed by atoms with Gasteiger partial charge in [-0.3, -0.25) is 9.59 Å². The zero-order valence-electron chi connectivity index (χ0n) is 19.8. The first-order valence-corrected chi connectivity index (χ1v) is 12.4. The number of ether oxygens (including phenoxy) is 3. The van der Waals surface area contributed by atoms with Crippen molar-refractivity contribution < 1.29 is 54.4 Å². The van der Waals surface area contributed by atoms with E-state index in [0.717, 1.165) is 5.57 Å². The van der Waals surface area contributed by atoms with Gasteiger partial charge in [-0.1, -0.05) is 12.2 Å². The van der Waals surface area contributed by atoms with Crippen LogP contribution < -0.4 is 0 Å². The lowest BCUT2D eigenvalue weighted by atomic mass is 9.61. The lowest BCUT2D eigenvalue weighted by Crippen LogP contribution is -2.61. The number of aliphatic hydroxyl groups excluding tert-OH is 4. The van der Waals surface area contributed by atoms with Crippen LogP contribution in [-0.4, -0.2) is 97.7 Å². The van der Waals surface area contributed by atoms with Crippen LogP contribution in [0.2, 0.25) is 0 Å². The van der Waals surface area contributed by atoms with E-state index >= 15 is 0 Å². The van der Waals surface area contributed by atoms with Crippen molar-refractivity contribution in [1.82, 2.24) is 0 Å². The fourth-order valence-electron chi connectivity index (χ4n) is 8.38. The molecule has 1 spiro atoms. The summed E-state index contributed by atoms with van der Waals surface area (Å²) < 4.78 is 17.2. The standard InChI is InChI=1S/C25H32O11/c1-9-6-24-8-25(9,33)4-3-11(24)10-5-12-19(23(2,22(32)35-12)14(10)15(24)20(30)31)36-21-18(29)17(28)16(27)13(7-26)34-21/h5,11-19,21,26-29,33H,1,3-4,6-8H2,2H3,(H,30,31)/t11-,12+,13-,14+,15+,16-,17+,18-,19+,21+,23-,24+,25+/m1/s1. The number of allylic oxidation sites excluding steroid dienone is 1. The van der Waals surface area contributed by atoms with E-state index in [0.29, 0.717) is 24.8 Å². The monoisotopic (exact) mass is 508 g/mol. The van der Waals surface area contributed by atoms with Gasteiger partial charge in [0, 0.05) is 5.92 Å². The number of carbonyl (C=O) groups excluding carboxylic acids is 1. The second-order valence-electron chi connectivity index (χ2n) is 11.7. The maximum absolute atomic E-state index is 13.4. The molecule has 13 atom stereocenters. The molecule has 6 N–H and O–H groups in total. The summed E-state index contributed by atoms with van der Waals surface area (Å²) in [7, 11) is 0. The van der Waals surface area contributed by atoms with Gasteiger partial charge >= 0.3 is 11.9 Å². The number of carbonyl (C=O) groups is 2. The summed E-state index contributed by atoms with van der Waals surface area (Å²) >= 11 is 0. The Kier molecular flexibility index (Phi) is 5.16. The van der Waals surface area contributed by atoms with E-state index in [1.54, 1.807) is 13.0 Å². The Balaban J connectivity index is 1.40. The molecule has 0 aromatic carbocycles. The van der Waals surface area contributed by atoms with E-state index in [-0.39, 0.29) is 12.3 Å². The number of hydrogen-bond donors (Lipinski definition) is 6. The molecule has 0 amide bonds. The molecule has 0 radical (unpaired) electrons. The third-order valence-electron chi connectivity index (χ3n) is 10.0. The number of carboxylic acid groups (broad SMARTS) is 1. The highest BCUT2D eigenvalue weighted by Gasteiger charge is 2.76. The Labute approximate surface area is 207 Å². The summed E-state index contributed by atoms with van der Waals surface area (Å²) in [6.07, 6.45) is -6.15. The van der Waals surface area contributed by atoms with Crippen LogP contribution >= 0.6 is 0 Å². The molecule has 2 saturated heterocycles. The highest BCUT2D eigenvalue weighted by molar-refractivity contribution is 5.85. The van der Waals surface area contributed by atoms with Crippen molar-refractivity contribution in [2.24, 2.45) is 28.6 Å². The van der Waals surface area contributed by atoms with Gasteiger partial charge in [-0.25, -0.2) is 0 Å². The smallest absolute Gasteiger partial charge is 0.315 e. The largest absolute Gasteiger partial charge is 0.481 e. The van der Waals surface area contributed by atoms with Crippen molar-refractivity contribution >= 4 is 11.9 Å². The van der Waals surface area contributed by atoms with Gasteiger partial charge in [-0.2, -0.15) is 0 Å². The zero-order chi connectivity index (χ0) is 25.9. The van der Waals surface area contributed by atoms with Crippen molar-refractivity contribution in [1.29, 1.82) is 0 Å². The topological polar surface area (TPSA) is 183 Å². The van der Waals surface area contributed by atoms with Crippen molar-refractivity contribution in [3.8, 4) is 0 Å². The van der Waals surface area contributed by atoms with Gasteiger partial charge in [0.15, 0.2) is 6.29 Å². The minimum Gasteiger partial charge on any atom is -0.481 e. The van der Waals surface area contributed by atoms with Crippen molar-refractivity contribution in [2.45, 2.75) is 81.1 Å². The Morgan fingerprint density at radius 2 is 1.97 bits per heavy atom. The number of aliphatic carboxylic acids is 1. The van der Waals surface area contributed by atoms with E-state index in [1.807, 2.05) is 0 Å². The first-order chi connectivity index (χ1) is 16.9. The van der Waals surface area contributed by atoms with Crippen LogP contribution in [0.25, 0.3) is 0 Å².